The van der Waals surface area contributed by atoms with Crippen molar-refractivity contribution in [2.75, 3.05) is 6.61 Å². The Morgan fingerprint density at radius 1 is 0.816 bits per heavy atom. The number of ether oxygens (including phenoxy) is 5. The van der Waals surface area contributed by atoms with Crippen LogP contribution in [0.5, 0.6) is 0 Å². The van der Waals surface area contributed by atoms with Gasteiger partial charge in [0.25, 0.3) is 0 Å². The van der Waals surface area contributed by atoms with Gasteiger partial charge in [0, 0.05) is 0 Å². The van der Waals surface area contributed by atoms with Crippen molar-refractivity contribution in [3.63, 3.8) is 0 Å². The molecule has 0 aliphatic carbocycles. The fraction of sp³-hybridized carbons (Fsp3) is 0.344. The van der Waals surface area contributed by atoms with Crippen LogP contribution in [0.4, 0.5) is 0 Å². The van der Waals surface area contributed by atoms with Gasteiger partial charge in [-0.1, -0.05) is 97.1 Å². The summed E-state index contributed by atoms with van der Waals surface area (Å²) in [5.74, 6) is -1.10. The van der Waals surface area contributed by atoms with Crippen molar-refractivity contribution in [1.82, 2.24) is 0 Å². The number of hydrogen-bond donors (Lipinski definition) is 0. The Labute approximate surface area is 225 Å². The Kier molecular flexibility index (Phi) is 9.98. The SMILES string of the molecule is C=C[C@H]1OC(C)(C)O[C@H]1[C@H](OCc1ccccc1)[C@H](OCc1ccccc1)C(=O)COCc1ccccc1. The van der Waals surface area contributed by atoms with Crippen molar-refractivity contribution in [2.24, 2.45) is 0 Å². The maximum atomic E-state index is 13.7. The molecular formula is C32H36O6. The molecule has 0 saturated carbocycles. The summed E-state index contributed by atoms with van der Waals surface area (Å²) in [4.78, 5) is 13.7. The van der Waals surface area contributed by atoms with Crippen LogP contribution in [0.1, 0.15) is 30.5 Å². The monoisotopic (exact) mass is 516 g/mol. The first-order valence-corrected chi connectivity index (χ1v) is 12.9. The Balaban J connectivity index is 1.57. The summed E-state index contributed by atoms with van der Waals surface area (Å²) in [6.45, 7) is 8.30. The predicted octanol–water partition coefficient (Wildman–Crippen LogP) is 5.65. The number of hydrogen-bond acceptors (Lipinski definition) is 6. The summed E-state index contributed by atoms with van der Waals surface area (Å²) in [7, 11) is 0. The topological polar surface area (TPSA) is 63.2 Å². The van der Waals surface area contributed by atoms with E-state index in [1.165, 1.54) is 0 Å². The molecular weight excluding hydrogens is 480 g/mol. The highest BCUT2D eigenvalue weighted by atomic mass is 16.8. The number of benzene rings is 3. The van der Waals surface area contributed by atoms with Gasteiger partial charge in [-0.3, -0.25) is 4.79 Å². The van der Waals surface area contributed by atoms with Gasteiger partial charge in [-0.15, -0.1) is 6.58 Å². The largest absolute Gasteiger partial charge is 0.369 e. The third kappa shape index (κ3) is 7.93. The Bertz CT molecular complexity index is 1130. The van der Waals surface area contributed by atoms with Crippen molar-refractivity contribution >= 4 is 5.78 Å². The summed E-state index contributed by atoms with van der Waals surface area (Å²) in [6.07, 6.45) is -1.13. The van der Waals surface area contributed by atoms with Gasteiger partial charge in [0.1, 0.15) is 31.0 Å². The van der Waals surface area contributed by atoms with E-state index >= 15 is 0 Å². The number of Topliss-reactive ketones (excluding diaryl/α,β-unsaturated/α-hetero) is 1. The molecule has 38 heavy (non-hydrogen) atoms. The van der Waals surface area contributed by atoms with E-state index in [9.17, 15) is 4.79 Å². The molecule has 6 nitrogen and oxygen atoms in total. The van der Waals surface area contributed by atoms with Crippen LogP contribution in [0, 0.1) is 0 Å². The molecule has 4 rings (SSSR count). The summed E-state index contributed by atoms with van der Waals surface area (Å²) in [6, 6.07) is 29.3. The van der Waals surface area contributed by atoms with E-state index in [0.717, 1.165) is 16.7 Å². The molecule has 1 aliphatic heterocycles. The molecule has 1 heterocycles. The fourth-order valence-electron chi connectivity index (χ4n) is 4.43. The molecule has 1 saturated heterocycles. The molecule has 6 heteroatoms. The smallest absolute Gasteiger partial charge is 0.189 e. The van der Waals surface area contributed by atoms with Crippen LogP contribution in [0.25, 0.3) is 0 Å². The van der Waals surface area contributed by atoms with E-state index in [2.05, 4.69) is 6.58 Å². The zero-order valence-corrected chi connectivity index (χ0v) is 22.0. The Morgan fingerprint density at radius 2 is 1.32 bits per heavy atom. The van der Waals surface area contributed by atoms with Gasteiger partial charge >= 0.3 is 0 Å². The van der Waals surface area contributed by atoms with Gasteiger partial charge < -0.3 is 23.7 Å². The van der Waals surface area contributed by atoms with E-state index in [4.69, 9.17) is 23.7 Å². The van der Waals surface area contributed by atoms with Gasteiger partial charge in [-0.05, 0) is 30.5 Å². The van der Waals surface area contributed by atoms with Crippen molar-refractivity contribution < 1.29 is 28.5 Å². The fourth-order valence-corrected chi connectivity index (χ4v) is 4.43. The first-order chi connectivity index (χ1) is 18.4. The number of carbonyl (C=O) groups excluding carboxylic acids is 1. The second kappa shape index (κ2) is 13.6. The van der Waals surface area contributed by atoms with Crippen molar-refractivity contribution in [1.29, 1.82) is 0 Å². The average molecular weight is 517 g/mol. The summed E-state index contributed by atoms with van der Waals surface area (Å²) < 4.78 is 30.8. The predicted molar refractivity (Wildman–Crippen MR) is 145 cm³/mol. The van der Waals surface area contributed by atoms with Crippen LogP contribution >= 0.6 is 0 Å². The van der Waals surface area contributed by atoms with Crippen LogP contribution in [-0.4, -0.2) is 42.6 Å². The number of ketones is 1. The lowest BCUT2D eigenvalue weighted by atomic mass is 9.99. The van der Waals surface area contributed by atoms with Crippen LogP contribution in [-0.2, 0) is 48.3 Å². The molecule has 3 aromatic rings. The van der Waals surface area contributed by atoms with E-state index in [0.29, 0.717) is 6.61 Å². The van der Waals surface area contributed by atoms with Gasteiger partial charge in [-0.25, -0.2) is 0 Å². The maximum absolute atomic E-state index is 13.7. The molecule has 0 amide bonds. The van der Waals surface area contributed by atoms with E-state index in [1.807, 2.05) is 105 Å². The van der Waals surface area contributed by atoms with E-state index < -0.39 is 30.2 Å². The quantitative estimate of drug-likeness (QED) is 0.258. The normalized spacial score (nSPS) is 20.1. The van der Waals surface area contributed by atoms with Gasteiger partial charge in [0.15, 0.2) is 11.6 Å². The lowest BCUT2D eigenvalue weighted by molar-refractivity contribution is -0.185. The molecule has 0 spiro atoms. The third-order valence-corrected chi connectivity index (χ3v) is 6.25. The molecule has 0 unspecified atom stereocenters. The number of carbonyl (C=O) groups is 1. The lowest BCUT2D eigenvalue weighted by Gasteiger charge is -2.32. The zero-order valence-electron chi connectivity index (χ0n) is 22.0. The molecule has 200 valence electrons. The van der Waals surface area contributed by atoms with Crippen molar-refractivity contribution in [3.05, 3.63) is 120 Å². The highest BCUT2D eigenvalue weighted by Crippen LogP contribution is 2.34. The first-order valence-electron chi connectivity index (χ1n) is 12.9. The van der Waals surface area contributed by atoms with Crippen LogP contribution in [0.2, 0.25) is 0 Å². The minimum absolute atomic E-state index is 0.130. The molecule has 0 N–H and O–H groups in total. The zero-order chi connectivity index (χ0) is 26.8. The van der Waals surface area contributed by atoms with Crippen LogP contribution in [0.3, 0.4) is 0 Å². The molecule has 4 atom stereocenters. The summed E-state index contributed by atoms with van der Waals surface area (Å²) in [5.41, 5.74) is 2.90. The van der Waals surface area contributed by atoms with Crippen molar-refractivity contribution in [3.8, 4) is 0 Å². The highest BCUT2D eigenvalue weighted by Gasteiger charge is 2.48. The second-order valence-corrected chi connectivity index (χ2v) is 9.72. The molecule has 0 radical (unpaired) electrons. The molecule has 0 aromatic heterocycles. The van der Waals surface area contributed by atoms with Crippen LogP contribution < -0.4 is 0 Å². The second-order valence-electron chi connectivity index (χ2n) is 9.72. The maximum Gasteiger partial charge on any atom is 0.189 e. The minimum Gasteiger partial charge on any atom is -0.369 e. The standard InChI is InChI=1S/C32H36O6/c1-4-28-30(38-32(2,3)37-28)31(36-22-26-18-12-7-13-19-26)29(35-21-25-16-10-6-11-17-25)27(33)23-34-20-24-14-8-5-9-15-24/h4-19,28-31H,1,20-23H2,2-3H3/t28-,29-,30-,31-/m1/s1. The summed E-state index contributed by atoms with van der Waals surface area (Å²) >= 11 is 0. The van der Waals surface area contributed by atoms with Crippen molar-refractivity contribution in [2.45, 2.75) is 63.9 Å². The summed E-state index contributed by atoms with van der Waals surface area (Å²) in [5, 5.41) is 0. The van der Waals surface area contributed by atoms with Crippen LogP contribution in [0.15, 0.2) is 104 Å². The van der Waals surface area contributed by atoms with Gasteiger partial charge in [-0.2, -0.15) is 0 Å². The molecule has 3 aromatic carbocycles. The highest BCUT2D eigenvalue weighted by molar-refractivity contribution is 5.85. The third-order valence-electron chi connectivity index (χ3n) is 6.25. The van der Waals surface area contributed by atoms with Gasteiger partial charge in [0.2, 0.25) is 0 Å². The Morgan fingerprint density at radius 3 is 1.84 bits per heavy atom. The molecule has 0 bridgehead atoms. The number of rotatable bonds is 14. The average Bonchev–Trinajstić information content (AvgIpc) is 3.26. The Hall–Kier alpha value is -3.13. The minimum atomic E-state index is -0.959. The van der Waals surface area contributed by atoms with Gasteiger partial charge in [0.05, 0.1) is 19.8 Å². The van der Waals surface area contributed by atoms with E-state index in [-0.39, 0.29) is 25.6 Å². The first kappa shape index (κ1) is 27.9. The lowest BCUT2D eigenvalue weighted by Crippen LogP contribution is -2.50. The molecule has 1 aliphatic rings. The molecule has 1 fully saturated rings. The van der Waals surface area contributed by atoms with E-state index in [1.54, 1.807) is 6.08 Å².